The lowest BCUT2D eigenvalue weighted by Crippen LogP contribution is -2.30. The molecule has 23 heavy (non-hydrogen) atoms. The Morgan fingerprint density at radius 3 is 2.65 bits per heavy atom. The van der Waals surface area contributed by atoms with Gasteiger partial charge in [-0.3, -0.25) is 19.3 Å². The molecule has 1 aliphatic rings. The molecule has 5 heteroatoms. The van der Waals surface area contributed by atoms with Crippen molar-refractivity contribution in [2.45, 2.75) is 32.6 Å². The third-order valence-electron chi connectivity index (χ3n) is 3.62. The third kappa shape index (κ3) is 4.77. The maximum Gasteiger partial charge on any atom is 0.305 e. The first-order chi connectivity index (χ1) is 11.1. The molecule has 1 heterocycles. The molecule has 2 rings (SSSR count). The summed E-state index contributed by atoms with van der Waals surface area (Å²) in [6.07, 6.45) is 3.43. The number of esters is 1. The van der Waals surface area contributed by atoms with E-state index in [9.17, 15) is 14.4 Å². The molecular formula is C18H21NO4. The summed E-state index contributed by atoms with van der Waals surface area (Å²) in [5, 5.41) is 0. The highest BCUT2D eigenvalue weighted by Crippen LogP contribution is 2.22. The number of carbonyl (C=O) groups is 3. The quantitative estimate of drug-likeness (QED) is 0.336. The Morgan fingerprint density at radius 1 is 1.22 bits per heavy atom. The molecule has 0 N–H and O–H groups in total. The van der Waals surface area contributed by atoms with Crippen molar-refractivity contribution in [3.05, 3.63) is 41.5 Å². The number of rotatable bonds is 7. The predicted octanol–water partition coefficient (Wildman–Crippen LogP) is 2.56. The van der Waals surface area contributed by atoms with E-state index >= 15 is 0 Å². The number of amides is 2. The fraction of sp³-hybridized carbons (Fsp3) is 0.389. The number of hydrogen-bond acceptors (Lipinski definition) is 4. The van der Waals surface area contributed by atoms with Gasteiger partial charge >= 0.3 is 5.97 Å². The van der Waals surface area contributed by atoms with Crippen molar-refractivity contribution < 1.29 is 19.1 Å². The molecule has 0 aliphatic carbocycles. The van der Waals surface area contributed by atoms with E-state index < -0.39 is 0 Å². The van der Waals surface area contributed by atoms with Gasteiger partial charge in [0.05, 0.1) is 13.0 Å². The molecule has 0 spiro atoms. The molecule has 122 valence electrons. The van der Waals surface area contributed by atoms with Gasteiger partial charge in [0.25, 0.3) is 5.91 Å². The molecular weight excluding hydrogens is 294 g/mol. The summed E-state index contributed by atoms with van der Waals surface area (Å²) in [7, 11) is 0. The van der Waals surface area contributed by atoms with Crippen LogP contribution in [0.5, 0.6) is 0 Å². The van der Waals surface area contributed by atoms with E-state index in [1.165, 1.54) is 4.90 Å². The molecule has 1 aromatic rings. The van der Waals surface area contributed by atoms with Gasteiger partial charge in [-0.1, -0.05) is 30.3 Å². The van der Waals surface area contributed by atoms with Gasteiger partial charge in [-0.25, -0.2) is 0 Å². The molecule has 2 amide bonds. The van der Waals surface area contributed by atoms with Gasteiger partial charge in [-0.05, 0) is 31.4 Å². The fourth-order valence-electron chi connectivity index (χ4n) is 2.48. The number of hydrogen-bond donors (Lipinski definition) is 0. The highest BCUT2D eigenvalue weighted by atomic mass is 16.5. The smallest absolute Gasteiger partial charge is 0.305 e. The van der Waals surface area contributed by atoms with E-state index in [2.05, 4.69) is 0 Å². The highest BCUT2D eigenvalue weighted by molar-refractivity contribution is 6.15. The molecule has 0 radical (unpaired) electrons. The highest BCUT2D eigenvalue weighted by Gasteiger charge is 2.33. The van der Waals surface area contributed by atoms with E-state index in [0.29, 0.717) is 38.0 Å². The summed E-state index contributed by atoms with van der Waals surface area (Å²) in [4.78, 5) is 36.8. The van der Waals surface area contributed by atoms with Crippen molar-refractivity contribution in [3.63, 3.8) is 0 Å². The van der Waals surface area contributed by atoms with Gasteiger partial charge < -0.3 is 4.74 Å². The van der Waals surface area contributed by atoms with Crippen molar-refractivity contribution >= 4 is 23.9 Å². The first-order valence-corrected chi connectivity index (χ1v) is 7.87. The normalized spacial score (nSPS) is 16.2. The van der Waals surface area contributed by atoms with E-state index in [0.717, 1.165) is 5.56 Å². The number of imide groups is 1. The molecule has 1 aromatic carbocycles. The van der Waals surface area contributed by atoms with Gasteiger partial charge in [0.2, 0.25) is 5.91 Å². The van der Waals surface area contributed by atoms with Crippen LogP contribution >= 0.6 is 0 Å². The van der Waals surface area contributed by atoms with Gasteiger partial charge in [0, 0.05) is 18.5 Å². The van der Waals surface area contributed by atoms with Crippen LogP contribution in [0.15, 0.2) is 35.9 Å². The van der Waals surface area contributed by atoms with Crippen LogP contribution in [0.25, 0.3) is 6.08 Å². The zero-order chi connectivity index (χ0) is 16.7. The minimum absolute atomic E-state index is 0.144. The number of unbranched alkanes of at least 4 members (excludes halogenated alkanes) is 1. The largest absolute Gasteiger partial charge is 0.466 e. The lowest BCUT2D eigenvalue weighted by atomic mass is 10.1. The average Bonchev–Trinajstić information content (AvgIpc) is 2.80. The first-order valence-electron chi connectivity index (χ1n) is 7.87. The van der Waals surface area contributed by atoms with Crippen LogP contribution in [0.4, 0.5) is 0 Å². The Balaban J connectivity index is 1.87. The Labute approximate surface area is 135 Å². The number of likely N-dealkylation sites (tertiary alicyclic amines) is 1. The van der Waals surface area contributed by atoms with Crippen molar-refractivity contribution in [3.8, 4) is 0 Å². The van der Waals surface area contributed by atoms with Crippen molar-refractivity contribution in [1.29, 1.82) is 0 Å². The summed E-state index contributed by atoms with van der Waals surface area (Å²) in [5.41, 5.74) is 1.43. The molecule has 5 nitrogen and oxygen atoms in total. The molecule has 1 saturated heterocycles. The summed E-state index contributed by atoms with van der Waals surface area (Å²) in [5.74, 6) is -0.639. The van der Waals surface area contributed by atoms with Gasteiger partial charge in [0.1, 0.15) is 0 Å². The predicted molar refractivity (Wildman–Crippen MR) is 86.2 cm³/mol. The van der Waals surface area contributed by atoms with E-state index in [-0.39, 0.29) is 24.2 Å². The third-order valence-corrected chi connectivity index (χ3v) is 3.62. The Hall–Kier alpha value is -2.43. The summed E-state index contributed by atoms with van der Waals surface area (Å²) in [6, 6.07) is 9.47. The molecule has 0 unspecified atom stereocenters. The zero-order valence-corrected chi connectivity index (χ0v) is 13.3. The average molecular weight is 315 g/mol. The Kier molecular flexibility index (Phi) is 6.09. The second kappa shape index (κ2) is 8.27. The summed E-state index contributed by atoms with van der Waals surface area (Å²) >= 11 is 0. The fourth-order valence-corrected chi connectivity index (χ4v) is 2.48. The molecule has 0 bridgehead atoms. The first kappa shape index (κ1) is 16.9. The number of carbonyl (C=O) groups excluding carboxylic acids is 3. The Bertz CT molecular complexity index is 607. The van der Waals surface area contributed by atoms with Crippen LogP contribution in [0.2, 0.25) is 0 Å². The van der Waals surface area contributed by atoms with Crippen molar-refractivity contribution in [1.82, 2.24) is 4.90 Å². The SMILES string of the molecule is CCOC(=O)CCCCN1C(=O)CC(=Cc2ccccc2)C1=O. The minimum Gasteiger partial charge on any atom is -0.466 e. The minimum atomic E-state index is -0.240. The lowest BCUT2D eigenvalue weighted by Gasteiger charge is -2.12. The van der Waals surface area contributed by atoms with Crippen LogP contribution < -0.4 is 0 Å². The zero-order valence-electron chi connectivity index (χ0n) is 13.3. The number of nitrogens with zero attached hydrogens (tertiary/aromatic N) is 1. The molecule has 0 aromatic heterocycles. The molecule has 1 aliphatic heterocycles. The standard InChI is InChI=1S/C18H21NO4/c1-2-23-17(21)10-6-7-11-19-16(20)13-15(18(19)22)12-14-8-4-3-5-9-14/h3-5,8-9,12H,2,6-7,10-11,13H2,1H3. The van der Waals surface area contributed by atoms with Crippen LogP contribution in [-0.2, 0) is 19.1 Å². The molecule has 0 atom stereocenters. The topological polar surface area (TPSA) is 63.7 Å². The number of benzene rings is 1. The van der Waals surface area contributed by atoms with E-state index in [4.69, 9.17) is 4.74 Å². The van der Waals surface area contributed by atoms with Crippen molar-refractivity contribution in [2.75, 3.05) is 13.2 Å². The van der Waals surface area contributed by atoms with Gasteiger partial charge in [-0.15, -0.1) is 0 Å². The summed E-state index contributed by atoms with van der Waals surface area (Å²) in [6.45, 7) is 2.48. The van der Waals surface area contributed by atoms with Crippen LogP contribution in [0.3, 0.4) is 0 Å². The second-order valence-corrected chi connectivity index (χ2v) is 5.37. The lowest BCUT2D eigenvalue weighted by molar-refractivity contribution is -0.143. The monoisotopic (exact) mass is 315 g/mol. The van der Waals surface area contributed by atoms with Crippen LogP contribution in [0.1, 0.15) is 38.2 Å². The Morgan fingerprint density at radius 2 is 1.96 bits per heavy atom. The van der Waals surface area contributed by atoms with Gasteiger partial charge in [0.15, 0.2) is 0 Å². The molecule has 1 fully saturated rings. The second-order valence-electron chi connectivity index (χ2n) is 5.37. The van der Waals surface area contributed by atoms with Crippen molar-refractivity contribution in [2.24, 2.45) is 0 Å². The van der Waals surface area contributed by atoms with E-state index in [1.54, 1.807) is 13.0 Å². The maximum absolute atomic E-state index is 12.3. The van der Waals surface area contributed by atoms with Crippen LogP contribution in [-0.4, -0.2) is 35.8 Å². The number of ether oxygens (including phenoxy) is 1. The van der Waals surface area contributed by atoms with Gasteiger partial charge in [-0.2, -0.15) is 0 Å². The molecule has 0 saturated carbocycles. The maximum atomic E-state index is 12.3. The van der Waals surface area contributed by atoms with E-state index in [1.807, 2.05) is 30.3 Å². The van der Waals surface area contributed by atoms with Crippen LogP contribution in [0, 0.1) is 0 Å². The summed E-state index contributed by atoms with van der Waals surface area (Å²) < 4.78 is 4.84.